The standard InChI is InChI=1S/C21H21Cl3N2OS/c1-12-8-18(26-5-2-13(3-6-26)4-7-27)21-20(25-12)15(11-28-21)19-16(23)9-14(22)10-17(19)24/h8-11,13,27H,2-7H2,1H3. The third kappa shape index (κ3) is 3.86. The highest BCUT2D eigenvalue weighted by Gasteiger charge is 2.23. The van der Waals surface area contributed by atoms with Gasteiger partial charge >= 0.3 is 0 Å². The molecule has 1 saturated heterocycles. The van der Waals surface area contributed by atoms with Crippen molar-refractivity contribution < 1.29 is 5.11 Å². The van der Waals surface area contributed by atoms with Crippen LogP contribution in [-0.2, 0) is 0 Å². The number of aliphatic hydroxyl groups excluding tert-OH is 1. The van der Waals surface area contributed by atoms with Crippen molar-refractivity contribution in [1.82, 2.24) is 4.98 Å². The van der Waals surface area contributed by atoms with Crippen molar-refractivity contribution in [2.24, 2.45) is 5.92 Å². The van der Waals surface area contributed by atoms with Crippen molar-refractivity contribution in [2.75, 3.05) is 24.6 Å². The fraction of sp³-hybridized carbons (Fsp3) is 0.381. The molecule has 28 heavy (non-hydrogen) atoms. The summed E-state index contributed by atoms with van der Waals surface area (Å²) in [4.78, 5) is 7.26. The van der Waals surface area contributed by atoms with Crippen LogP contribution in [0, 0.1) is 12.8 Å². The molecule has 7 heteroatoms. The first-order chi connectivity index (χ1) is 13.5. The molecule has 0 aliphatic carbocycles. The van der Waals surface area contributed by atoms with Crippen LogP contribution in [0.4, 0.5) is 5.69 Å². The van der Waals surface area contributed by atoms with Gasteiger partial charge in [-0.3, -0.25) is 4.98 Å². The number of nitrogens with zero attached hydrogens (tertiary/aromatic N) is 2. The van der Waals surface area contributed by atoms with Gasteiger partial charge in [0.2, 0.25) is 0 Å². The first-order valence-corrected chi connectivity index (χ1v) is 11.4. The third-order valence-corrected chi connectivity index (χ3v) is 7.21. The number of pyridine rings is 1. The number of halogens is 3. The highest BCUT2D eigenvalue weighted by Crippen LogP contribution is 2.45. The molecule has 0 amide bonds. The molecule has 3 aromatic rings. The van der Waals surface area contributed by atoms with E-state index in [9.17, 15) is 5.11 Å². The average Bonchev–Trinajstić information content (AvgIpc) is 3.05. The second kappa shape index (κ2) is 8.37. The maximum atomic E-state index is 9.20. The lowest BCUT2D eigenvalue weighted by molar-refractivity contribution is 0.240. The van der Waals surface area contributed by atoms with E-state index >= 15 is 0 Å². The number of fused-ring (bicyclic) bond motifs is 1. The van der Waals surface area contributed by atoms with E-state index in [1.165, 1.54) is 5.69 Å². The Kier molecular flexibility index (Phi) is 6.05. The van der Waals surface area contributed by atoms with Gasteiger partial charge in [0, 0.05) is 46.9 Å². The van der Waals surface area contributed by atoms with Crippen LogP contribution in [0.3, 0.4) is 0 Å². The Morgan fingerprint density at radius 1 is 1.14 bits per heavy atom. The Hall–Kier alpha value is -1.04. The minimum Gasteiger partial charge on any atom is -0.396 e. The summed E-state index contributed by atoms with van der Waals surface area (Å²) in [5.74, 6) is 0.616. The lowest BCUT2D eigenvalue weighted by atomic mass is 9.93. The number of hydrogen-bond donors (Lipinski definition) is 1. The normalized spacial score (nSPS) is 15.5. The Bertz CT molecular complexity index is 989. The van der Waals surface area contributed by atoms with E-state index < -0.39 is 0 Å². The quantitative estimate of drug-likeness (QED) is 0.468. The van der Waals surface area contributed by atoms with Crippen LogP contribution >= 0.6 is 46.1 Å². The molecular weight excluding hydrogens is 435 g/mol. The number of aryl methyl sites for hydroxylation is 1. The smallest absolute Gasteiger partial charge is 0.0913 e. The monoisotopic (exact) mass is 454 g/mol. The van der Waals surface area contributed by atoms with Crippen LogP contribution in [0.15, 0.2) is 23.6 Å². The lowest BCUT2D eigenvalue weighted by Gasteiger charge is -2.33. The van der Waals surface area contributed by atoms with E-state index in [2.05, 4.69) is 16.3 Å². The van der Waals surface area contributed by atoms with E-state index in [0.29, 0.717) is 21.0 Å². The summed E-state index contributed by atoms with van der Waals surface area (Å²) in [6.07, 6.45) is 3.11. The van der Waals surface area contributed by atoms with Crippen LogP contribution in [0.1, 0.15) is 25.0 Å². The van der Waals surface area contributed by atoms with Gasteiger partial charge in [0.1, 0.15) is 0 Å². The zero-order valence-electron chi connectivity index (χ0n) is 15.5. The summed E-state index contributed by atoms with van der Waals surface area (Å²) in [5.41, 5.74) is 4.86. The SMILES string of the molecule is Cc1cc(N2CCC(CCO)CC2)c2scc(-c3c(Cl)cc(Cl)cc3Cl)c2n1. The minimum atomic E-state index is 0.278. The number of aliphatic hydroxyl groups is 1. The molecule has 1 fully saturated rings. The van der Waals surface area contributed by atoms with Crippen LogP contribution in [0.2, 0.25) is 15.1 Å². The van der Waals surface area contributed by atoms with Gasteiger partial charge in [-0.2, -0.15) is 0 Å². The summed E-state index contributed by atoms with van der Waals surface area (Å²) in [5, 5.41) is 12.9. The summed E-state index contributed by atoms with van der Waals surface area (Å²) >= 11 is 20.7. The predicted molar refractivity (Wildman–Crippen MR) is 121 cm³/mol. The molecule has 0 saturated carbocycles. The van der Waals surface area contributed by atoms with Gasteiger partial charge in [0.25, 0.3) is 0 Å². The number of thiophene rings is 1. The van der Waals surface area contributed by atoms with Gasteiger partial charge in [0.05, 0.1) is 25.9 Å². The average molecular weight is 456 g/mol. The summed E-state index contributed by atoms with van der Waals surface area (Å²) in [7, 11) is 0. The van der Waals surface area contributed by atoms with Crippen molar-refractivity contribution >= 4 is 62.0 Å². The molecule has 2 aromatic heterocycles. The Morgan fingerprint density at radius 2 is 1.82 bits per heavy atom. The van der Waals surface area contributed by atoms with E-state index in [0.717, 1.165) is 59.4 Å². The van der Waals surface area contributed by atoms with E-state index in [1.807, 2.05) is 6.92 Å². The molecule has 3 heterocycles. The highest BCUT2D eigenvalue weighted by atomic mass is 35.5. The van der Waals surface area contributed by atoms with Gasteiger partial charge in [-0.1, -0.05) is 34.8 Å². The van der Waals surface area contributed by atoms with Crippen LogP contribution < -0.4 is 4.90 Å². The minimum absolute atomic E-state index is 0.278. The van der Waals surface area contributed by atoms with E-state index in [4.69, 9.17) is 39.8 Å². The second-order valence-electron chi connectivity index (χ2n) is 7.30. The molecule has 1 aliphatic heterocycles. The van der Waals surface area contributed by atoms with E-state index in [1.54, 1.807) is 23.5 Å². The van der Waals surface area contributed by atoms with Gasteiger partial charge in [-0.05, 0) is 50.3 Å². The number of aromatic nitrogens is 1. The fourth-order valence-corrected chi connectivity index (χ4v) is 6.04. The van der Waals surface area contributed by atoms with Gasteiger partial charge < -0.3 is 10.0 Å². The Balaban J connectivity index is 1.76. The summed E-state index contributed by atoms with van der Waals surface area (Å²) < 4.78 is 1.16. The number of anilines is 1. The molecule has 4 rings (SSSR count). The predicted octanol–water partition coefficient (Wildman–Crippen LogP) is 6.83. The van der Waals surface area contributed by atoms with Crippen LogP contribution in [-0.4, -0.2) is 29.8 Å². The molecule has 1 N–H and O–H groups in total. The molecular formula is C21H21Cl3N2OS. The van der Waals surface area contributed by atoms with Crippen molar-refractivity contribution in [2.45, 2.75) is 26.2 Å². The van der Waals surface area contributed by atoms with Crippen LogP contribution in [0.5, 0.6) is 0 Å². The summed E-state index contributed by atoms with van der Waals surface area (Å²) in [6, 6.07) is 5.60. The number of hydrogen-bond acceptors (Lipinski definition) is 4. The largest absolute Gasteiger partial charge is 0.396 e. The van der Waals surface area contributed by atoms with Gasteiger partial charge in [-0.15, -0.1) is 11.3 Å². The zero-order chi connectivity index (χ0) is 19.8. The number of benzene rings is 1. The molecule has 0 spiro atoms. The summed E-state index contributed by atoms with van der Waals surface area (Å²) in [6.45, 7) is 4.30. The molecule has 0 atom stereocenters. The third-order valence-electron chi connectivity index (χ3n) is 5.40. The van der Waals surface area contributed by atoms with Gasteiger partial charge in [-0.25, -0.2) is 0 Å². The van der Waals surface area contributed by atoms with E-state index in [-0.39, 0.29) is 6.61 Å². The zero-order valence-corrected chi connectivity index (χ0v) is 18.6. The first-order valence-electron chi connectivity index (χ1n) is 9.37. The number of rotatable bonds is 4. The van der Waals surface area contributed by atoms with Gasteiger partial charge in [0.15, 0.2) is 0 Å². The Labute approximate surface area is 183 Å². The molecule has 0 unspecified atom stereocenters. The highest BCUT2D eigenvalue weighted by molar-refractivity contribution is 7.18. The molecule has 3 nitrogen and oxygen atoms in total. The van der Waals surface area contributed by atoms with Crippen molar-refractivity contribution in [3.63, 3.8) is 0 Å². The Morgan fingerprint density at radius 3 is 2.46 bits per heavy atom. The molecule has 0 bridgehead atoms. The first kappa shape index (κ1) is 20.2. The van der Waals surface area contributed by atoms with Crippen molar-refractivity contribution in [1.29, 1.82) is 0 Å². The molecule has 0 radical (unpaired) electrons. The van der Waals surface area contributed by atoms with Crippen LogP contribution in [0.25, 0.3) is 21.3 Å². The maximum Gasteiger partial charge on any atom is 0.0913 e. The van der Waals surface area contributed by atoms with Crippen molar-refractivity contribution in [3.05, 3.63) is 44.3 Å². The molecule has 1 aromatic carbocycles. The number of piperidine rings is 1. The fourth-order valence-electron chi connectivity index (χ4n) is 3.97. The molecule has 1 aliphatic rings. The lowest BCUT2D eigenvalue weighted by Crippen LogP contribution is -2.34. The molecule has 148 valence electrons. The van der Waals surface area contributed by atoms with Crippen molar-refractivity contribution in [3.8, 4) is 11.1 Å². The second-order valence-corrected chi connectivity index (χ2v) is 9.43. The maximum absolute atomic E-state index is 9.20. The topological polar surface area (TPSA) is 36.4 Å².